The lowest BCUT2D eigenvalue weighted by Crippen LogP contribution is -2.57. The first kappa shape index (κ1) is 32.0. The van der Waals surface area contributed by atoms with E-state index in [2.05, 4.69) is 19.9 Å². The highest BCUT2D eigenvalue weighted by atomic mass is 19.4. The van der Waals surface area contributed by atoms with Gasteiger partial charge in [0.05, 0.1) is 17.7 Å². The average Bonchev–Trinajstić information content (AvgIpc) is 3.24. The molecule has 2 aliphatic rings. The molecule has 11 nitrogen and oxygen atoms in total. The number of aliphatic carboxylic acids is 1. The molecule has 1 spiro atoms. The molecule has 0 bridgehead atoms. The molecule has 2 N–H and O–H groups in total. The van der Waals surface area contributed by atoms with Crippen molar-refractivity contribution in [3.05, 3.63) is 107 Å². The highest BCUT2D eigenvalue weighted by molar-refractivity contribution is 6.30. The minimum absolute atomic E-state index is 0.175. The number of likely N-dealkylation sites (tertiary alicyclic amines) is 1. The van der Waals surface area contributed by atoms with Gasteiger partial charge in [0.15, 0.2) is 0 Å². The summed E-state index contributed by atoms with van der Waals surface area (Å²) in [4.78, 5) is 65.4. The molecule has 4 aromatic rings. The van der Waals surface area contributed by atoms with E-state index >= 15 is 0 Å². The largest absolute Gasteiger partial charge is 0.490 e. The minimum atomic E-state index is -5.08. The van der Waals surface area contributed by atoms with Crippen LogP contribution in [0.2, 0.25) is 0 Å². The molecule has 238 valence electrons. The number of benzene rings is 2. The molecular formula is C32H29F3N6O5. The van der Waals surface area contributed by atoms with Gasteiger partial charge < -0.3 is 10.1 Å². The number of piperidine rings is 1. The first-order valence-electron chi connectivity index (χ1n) is 14.2. The molecule has 3 amide bonds. The molecule has 0 aliphatic carbocycles. The van der Waals surface area contributed by atoms with Crippen LogP contribution in [-0.2, 0) is 16.1 Å². The van der Waals surface area contributed by atoms with Gasteiger partial charge in [-0.3, -0.25) is 24.4 Å². The number of imide groups is 1. The van der Waals surface area contributed by atoms with E-state index < -0.39 is 23.7 Å². The minimum Gasteiger partial charge on any atom is -0.475 e. The predicted octanol–water partition coefficient (Wildman–Crippen LogP) is 4.78. The Kier molecular flexibility index (Phi) is 9.00. The predicted molar refractivity (Wildman–Crippen MR) is 162 cm³/mol. The van der Waals surface area contributed by atoms with E-state index in [-0.39, 0.29) is 17.3 Å². The van der Waals surface area contributed by atoms with Crippen LogP contribution in [-0.4, -0.2) is 67.7 Å². The fraction of sp³-hybridized carbons (Fsp3) is 0.250. The molecular weight excluding hydrogens is 605 g/mol. The number of amides is 3. The zero-order valence-corrected chi connectivity index (χ0v) is 24.6. The van der Waals surface area contributed by atoms with Crippen molar-refractivity contribution in [1.82, 2.24) is 19.9 Å². The number of alkyl halides is 3. The Morgan fingerprint density at radius 1 is 0.935 bits per heavy atom. The summed E-state index contributed by atoms with van der Waals surface area (Å²) in [6.45, 7) is 3.89. The summed E-state index contributed by atoms with van der Waals surface area (Å²) >= 11 is 0. The van der Waals surface area contributed by atoms with E-state index in [1.54, 1.807) is 18.3 Å². The second kappa shape index (κ2) is 12.9. The summed E-state index contributed by atoms with van der Waals surface area (Å²) in [7, 11) is 0. The maximum atomic E-state index is 14.2. The number of nitrogens with zero attached hydrogens (tertiary/aromatic N) is 5. The van der Waals surface area contributed by atoms with Crippen LogP contribution in [0, 0.1) is 6.92 Å². The molecule has 0 unspecified atom stereocenters. The lowest BCUT2D eigenvalue weighted by molar-refractivity contribution is -0.192. The van der Waals surface area contributed by atoms with E-state index in [4.69, 9.17) is 9.90 Å². The number of aromatic nitrogens is 3. The second-order valence-corrected chi connectivity index (χ2v) is 10.8. The summed E-state index contributed by atoms with van der Waals surface area (Å²) in [5.74, 6) is -2.88. The van der Waals surface area contributed by atoms with E-state index in [1.807, 2.05) is 61.5 Å². The quantitative estimate of drug-likeness (QED) is 0.299. The number of hydrogen-bond acceptors (Lipinski definition) is 7. The third kappa shape index (κ3) is 6.52. The number of aromatic amines is 1. The fourth-order valence-electron chi connectivity index (χ4n) is 5.55. The maximum Gasteiger partial charge on any atom is 0.490 e. The topological polar surface area (TPSA) is 140 Å². The number of carboxylic acids is 1. The number of anilines is 2. The number of aryl methyl sites for hydroxylation is 1. The van der Waals surface area contributed by atoms with Crippen molar-refractivity contribution < 1.29 is 32.7 Å². The lowest BCUT2D eigenvalue weighted by Gasteiger charge is -2.41. The highest BCUT2D eigenvalue weighted by Crippen LogP contribution is 2.42. The van der Waals surface area contributed by atoms with Crippen LogP contribution in [0.25, 0.3) is 11.1 Å². The van der Waals surface area contributed by atoms with Crippen LogP contribution in [0.3, 0.4) is 0 Å². The molecule has 14 heteroatoms. The van der Waals surface area contributed by atoms with Crippen molar-refractivity contribution in [1.29, 1.82) is 0 Å². The first-order chi connectivity index (χ1) is 21.9. The van der Waals surface area contributed by atoms with Crippen LogP contribution >= 0.6 is 0 Å². The number of H-pyrrole nitrogens is 1. The van der Waals surface area contributed by atoms with Crippen LogP contribution in [0.5, 0.6) is 0 Å². The molecule has 6 rings (SSSR count). The molecule has 2 saturated heterocycles. The number of carbonyl (C=O) groups is 3. The van der Waals surface area contributed by atoms with Gasteiger partial charge in [0.25, 0.3) is 11.5 Å². The molecule has 2 aromatic heterocycles. The standard InChI is InChI=1S/C30H28N6O3.C2HF3O2/c1-21-6-5-15-31-25(21)19-34-16-13-30(14-17-34)28(38)35(29(39)36(30)26-18-27(37)33-20-32-26)24-11-9-23(10-12-24)22-7-3-2-4-8-22;3-2(4,5)1(6)7/h2-12,15,18,20H,13-14,16-17,19H2,1H3,(H,32,33,37);(H,6,7). The van der Waals surface area contributed by atoms with Crippen LogP contribution in [0.15, 0.2) is 90.1 Å². The van der Waals surface area contributed by atoms with Gasteiger partial charge in [0, 0.05) is 31.9 Å². The lowest BCUT2D eigenvalue weighted by atomic mass is 9.85. The molecule has 2 aliphatic heterocycles. The average molecular weight is 635 g/mol. The van der Waals surface area contributed by atoms with E-state index in [0.717, 1.165) is 22.4 Å². The number of halogens is 3. The number of carbonyl (C=O) groups excluding carboxylic acids is 2. The molecule has 2 fully saturated rings. The van der Waals surface area contributed by atoms with Crippen molar-refractivity contribution in [2.24, 2.45) is 0 Å². The third-order valence-corrected chi connectivity index (χ3v) is 7.95. The summed E-state index contributed by atoms with van der Waals surface area (Å²) in [6.07, 6.45) is -1.21. The summed E-state index contributed by atoms with van der Waals surface area (Å²) in [5, 5.41) is 7.12. The van der Waals surface area contributed by atoms with Crippen LogP contribution in [0.4, 0.5) is 29.5 Å². The molecule has 0 radical (unpaired) electrons. The molecule has 0 atom stereocenters. The van der Waals surface area contributed by atoms with E-state index in [1.165, 1.54) is 22.2 Å². The van der Waals surface area contributed by atoms with Gasteiger partial charge in [-0.15, -0.1) is 0 Å². The van der Waals surface area contributed by atoms with Crippen molar-refractivity contribution in [2.45, 2.75) is 38.0 Å². The molecule has 46 heavy (non-hydrogen) atoms. The fourth-order valence-corrected chi connectivity index (χ4v) is 5.55. The van der Waals surface area contributed by atoms with Crippen LogP contribution < -0.4 is 15.4 Å². The van der Waals surface area contributed by atoms with Gasteiger partial charge in [-0.2, -0.15) is 13.2 Å². The zero-order valence-electron chi connectivity index (χ0n) is 24.6. The number of rotatable bonds is 5. The van der Waals surface area contributed by atoms with Gasteiger partial charge >= 0.3 is 18.2 Å². The molecule has 0 saturated carbocycles. The van der Waals surface area contributed by atoms with Crippen molar-refractivity contribution in [3.8, 4) is 11.1 Å². The first-order valence-corrected chi connectivity index (χ1v) is 14.2. The smallest absolute Gasteiger partial charge is 0.475 e. The normalized spacial score (nSPS) is 16.3. The SMILES string of the molecule is Cc1cccnc1CN1CCC2(CC1)C(=O)N(c1ccc(-c3ccccc3)cc1)C(=O)N2c1cc(=O)[nH]cn1.O=C(O)C(F)(F)F. The van der Waals surface area contributed by atoms with Crippen LogP contribution in [0.1, 0.15) is 24.1 Å². The van der Waals surface area contributed by atoms with Gasteiger partial charge in [0.1, 0.15) is 11.4 Å². The number of hydrogen-bond donors (Lipinski definition) is 2. The summed E-state index contributed by atoms with van der Waals surface area (Å²) < 4.78 is 31.7. The Hall–Kier alpha value is -5.37. The maximum absolute atomic E-state index is 14.2. The number of nitrogens with one attached hydrogen (secondary N) is 1. The van der Waals surface area contributed by atoms with Crippen molar-refractivity contribution in [3.63, 3.8) is 0 Å². The van der Waals surface area contributed by atoms with Gasteiger partial charge in [-0.05, 0) is 54.7 Å². The number of pyridine rings is 1. The molecule has 2 aromatic carbocycles. The monoisotopic (exact) mass is 634 g/mol. The second-order valence-electron chi connectivity index (χ2n) is 10.8. The van der Waals surface area contributed by atoms with E-state index in [0.29, 0.717) is 38.2 Å². The van der Waals surface area contributed by atoms with Gasteiger partial charge in [-0.1, -0.05) is 48.5 Å². The summed E-state index contributed by atoms with van der Waals surface area (Å²) in [5.41, 5.74) is 3.11. The number of carboxylic acid groups (broad SMARTS) is 1. The molecule has 4 heterocycles. The Morgan fingerprint density at radius 3 is 2.15 bits per heavy atom. The Morgan fingerprint density at radius 2 is 1.57 bits per heavy atom. The van der Waals surface area contributed by atoms with E-state index in [9.17, 15) is 27.6 Å². The Bertz CT molecular complexity index is 1790. The summed E-state index contributed by atoms with van der Waals surface area (Å²) in [6, 6.07) is 22.0. The Balaban J connectivity index is 0.000000537. The van der Waals surface area contributed by atoms with Gasteiger partial charge in [0.2, 0.25) is 0 Å². The third-order valence-electron chi connectivity index (χ3n) is 7.95. The van der Waals surface area contributed by atoms with Crippen molar-refractivity contribution >= 4 is 29.4 Å². The highest BCUT2D eigenvalue weighted by Gasteiger charge is 2.59. The zero-order chi connectivity index (χ0) is 33.1. The van der Waals surface area contributed by atoms with Crippen molar-refractivity contribution in [2.75, 3.05) is 22.9 Å². The number of urea groups is 1. The van der Waals surface area contributed by atoms with Gasteiger partial charge in [-0.25, -0.2) is 19.5 Å². The Labute approximate surface area is 260 Å².